The van der Waals surface area contributed by atoms with Crippen molar-refractivity contribution in [3.8, 4) is 5.75 Å². The quantitative estimate of drug-likeness (QED) is 0.789. The second kappa shape index (κ2) is 8.05. The number of rotatable bonds is 5. The highest BCUT2D eigenvalue weighted by molar-refractivity contribution is 7.92. The van der Waals surface area contributed by atoms with E-state index in [0.717, 1.165) is 12.5 Å². The van der Waals surface area contributed by atoms with Gasteiger partial charge in [0.2, 0.25) is 15.9 Å². The van der Waals surface area contributed by atoms with Crippen LogP contribution in [0.3, 0.4) is 0 Å². The van der Waals surface area contributed by atoms with Crippen molar-refractivity contribution in [2.75, 3.05) is 21.9 Å². The van der Waals surface area contributed by atoms with E-state index in [1.807, 2.05) is 0 Å². The predicted molar refractivity (Wildman–Crippen MR) is 107 cm³/mol. The molecule has 0 spiro atoms. The lowest BCUT2D eigenvalue weighted by Crippen LogP contribution is -2.37. The van der Waals surface area contributed by atoms with Crippen LogP contribution in [0.25, 0.3) is 0 Å². The van der Waals surface area contributed by atoms with E-state index in [1.165, 1.54) is 14.9 Å². The number of hydrogen-bond donors (Lipinski definition) is 2. The van der Waals surface area contributed by atoms with Crippen LogP contribution >= 0.6 is 0 Å². The van der Waals surface area contributed by atoms with Gasteiger partial charge >= 0.3 is 0 Å². The summed E-state index contributed by atoms with van der Waals surface area (Å²) in [5.74, 6) is -0.210. The Morgan fingerprint density at radius 1 is 1.18 bits per heavy atom. The van der Waals surface area contributed by atoms with Gasteiger partial charge in [-0.05, 0) is 50.1 Å². The summed E-state index contributed by atoms with van der Waals surface area (Å²) in [7, 11) is -3.27. The van der Waals surface area contributed by atoms with Crippen LogP contribution in [0.2, 0.25) is 0 Å². The average molecular weight is 405 g/mol. The molecule has 1 fully saturated rings. The van der Waals surface area contributed by atoms with E-state index in [9.17, 15) is 23.1 Å². The molecule has 1 aliphatic rings. The molecular weight excluding hydrogens is 382 g/mol. The zero-order chi connectivity index (χ0) is 20.3. The standard InChI is InChI=1S/C19H23N3O5S/c1-14-12-17(23)13-19(25)21(14)10-8-18(24)20-15-4-6-16(7-5-15)22-9-2-3-11-28(22,26)27/h4-7,12-13,23H,2-3,8-11H2,1H3,(H,20,24). The molecule has 9 heteroatoms. The Morgan fingerprint density at radius 3 is 2.54 bits per heavy atom. The molecule has 2 aromatic rings. The number of amides is 1. The smallest absolute Gasteiger partial charge is 0.254 e. The summed E-state index contributed by atoms with van der Waals surface area (Å²) in [5.41, 5.74) is 1.35. The third-order valence-electron chi connectivity index (χ3n) is 4.67. The minimum absolute atomic E-state index is 0.0910. The summed E-state index contributed by atoms with van der Waals surface area (Å²) >= 11 is 0. The van der Waals surface area contributed by atoms with E-state index < -0.39 is 10.0 Å². The number of anilines is 2. The minimum Gasteiger partial charge on any atom is -0.508 e. The fourth-order valence-corrected chi connectivity index (χ4v) is 4.86. The summed E-state index contributed by atoms with van der Waals surface area (Å²) in [6, 6.07) is 9.25. The van der Waals surface area contributed by atoms with Gasteiger partial charge in [0.25, 0.3) is 5.56 Å². The molecule has 0 radical (unpaired) electrons. The van der Waals surface area contributed by atoms with Crippen LogP contribution in [0.4, 0.5) is 11.4 Å². The van der Waals surface area contributed by atoms with E-state index in [0.29, 0.717) is 30.0 Å². The van der Waals surface area contributed by atoms with Crippen LogP contribution in [-0.4, -0.2) is 36.3 Å². The summed E-state index contributed by atoms with van der Waals surface area (Å²) in [5, 5.41) is 12.1. The van der Waals surface area contributed by atoms with E-state index in [1.54, 1.807) is 31.2 Å². The molecule has 3 rings (SSSR count). The van der Waals surface area contributed by atoms with E-state index in [-0.39, 0.29) is 35.9 Å². The fourth-order valence-electron chi connectivity index (χ4n) is 3.23. The Morgan fingerprint density at radius 2 is 1.89 bits per heavy atom. The highest BCUT2D eigenvalue weighted by atomic mass is 32.2. The van der Waals surface area contributed by atoms with E-state index >= 15 is 0 Å². The number of carbonyl (C=O) groups excluding carboxylic acids is 1. The number of carbonyl (C=O) groups is 1. The molecule has 1 aromatic heterocycles. The fraction of sp³-hybridized carbons (Fsp3) is 0.368. The molecule has 0 aliphatic carbocycles. The van der Waals surface area contributed by atoms with E-state index in [2.05, 4.69) is 5.32 Å². The predicted octanol–water partition coefficient (Wildman–Crippen LogP) is 1.82. The van der Waals surface area contributed by atoms with Gasteiger partial charge < -0.3 is 15.0 Å². The van der Waals surface area contributed by atoms with Gasteiger partial charge in [-0.25, -0.2) is 8.42 Å². The third kappa shape index (κ3) is 4.53. The number of nitrogens with zero attached hydrogens (tertiary/aromatic N) is 2. The van der Waals surface area contributed by atoms with Gasteiger partial charge in [0.1, 0.15) is 5.75 Å². The molecule has 150 valence electrons. The maximum atomic E-state index is 12.2. The Labute approximate surface area is 163 Å². The zero-order valence-electron chi connectivity index (χ0n) is 15.6. The normalized spacial score (nSPS) is 16.0. The zero-order valence-corrected chi connectivity index (χ0v) is 16.4. The highest BCUT2D eigenvalue weighted by Crippen LogP contribution is 2.25. The molecule has 1 saturated heterocycles. The van der Waals surface area contributed by atoms with Gasteiger partial charge in [0.15, 0.2) is 0 Å². The highest BCUT2D eigenvalue weighted by Gasteiger charge is 2.25. The van der Waals surface area contributed by atoms with Crippen molar-refractivity contribution in [1.29, 1.82) is 0 Å². The van der Waals surface area contributed by atoms with Gasteiger partial charge in [-0.2, -0.15) is 0 Å². The summed E-state index contributed by atoms with van der Waals surface area (Å²) in [6.45, 7) is 2.35. The molecule has 28 heavy (non-hydrogen) atoms. The van der Waals surface area contributed by atoms with Gasteiger partial charge in [0, 0.05) is 37.0 Å². The largest absolute Gasteiger partial charge is 0.508 e. The van der Waals surface area contributed by atoms with Crippen LogP contribution in [-0.2, 0) is 21.4 Å². The molecule has 2 heterocycles. The Balaban J connectivity index is 1.61. The van der Waals surface area contributed by atoms with Crippen LogP contribution in [0.1, 0.15) is 25.0 Å². The van der Waals surface area contributed by atoms with Crippen molar-refractivity contribution < 1.29 is 18.3 Å². The van der Waals surface area contributed by atoms with Gasteiger partial charge in [-0.15, -0.1) is 0 Å². The maximum Gasteiger partial charge on any atom is 0.254 e. The lowest BCUT2D eigenvalue weighted by Gasteiger charge is -2.28. The first kappa shape index (κ1) is 19.9. The molecule has 1 aromatic carbocycles. The lowest BCUT2D eigenvalue weighted by molar-refractivity contribution is -0.116. The molecule has 8 nitrogen and oxygen atoms in total. The van der Waals surface area contributed by atoms with Crippen molar-refractivity contribution in [1.82, 2.24) is 4.57 Å². The second-order valence-electron chi connectivity index (χ2n) is 6.79. The number of hydrogen-bond acceptors (Lipinski definition) is 5. The molecular formula is C19H23N3O5S. The van der Waals surface area contributed by atoms with Crippen LogP contribution < -0.4 is 15.2 Å². The molecule has 0 unspecified atom stereocenters. The molecule has 1 amide bonds. The SMILES string of the molecule is Cc1cc(O)cc(=O)n1CCC(=O)Nc1ccc(N2CCCCS2(=O)=O)cc1. The number of pyridine rings is 1. The monoisotopic (exact) mass is 405 g/mol. The number of aromatic hydroxyl groups is 1. The number of nitrogens with one attached hydrogen (secondary N) is 1. The van der Waals surface area contributed by atoms with Crippen LogP contribution in [0, 0.1) is 6.92 Å². The molecule has 0 atom stereocenters. The molecule has 0 bridgehead atoms. The average Bonchev–Trinajstić information content (AvgIpc) is 2.61. The third-order valence-corrected chi connectivity index (χ3v) is 6.54. The number of aromatic nitrogens is 1. The number of aryl methyl sites for hydroxylation is 1. The summed E-state index contributed by atoms with van der Waals surface area (Å²) in [4.78, 5) is 24.1. The Hall–Kier alpha value is -2.81. The van der Waals surface area contributed by atoms with E-state index in [4.69, 9.17) is 0 Å². The summed E-state index contributed by atoms with van der Waals surface area (Å²) < 4.78 is 27.1. The Bertz CT molecular complexity index is 1030. The van der Waals surface area contributed by atoms with Crippen LogP contribution in [0.5, 0.6) is 5.75 Å². The first-order valence-electron chi connectivity index (χ1n) is 9.07. The van der Waals surface area contributed by atoms with Crippen molar-refractivity contribution in [2.45, 2.75) is 32.7 Å². The lowest BCUT2D eigenvalue weighted by atomic mass is 10.2. The van der Waals surface area contributed by atoms with Gasteiger partial charge in [0.05, 0.1) is 11.4 Å². The van der Waals surface area contributed by atoms with Crippen molar-refractivity contribution in [3.05, 3.63) is 52.4 Å². The summed E-state index contributed by atoms with van der Waals surface area (Å²) in [6.07, 6.45) is 1.60. The molecule has 2 N–H and O–H groups in total. The second-order valence-corrected chi connectivity index (χ2v) is 8.80. The van der Waals surface area contributed by atoms with Crippen molar-refractivity contribution in [2.24, 2.45) is 0 Å². The maximum absolute atomic E-state index is 12.2. The number of sulfonamides is 1. The van der Waals surface area contributed by atoms with Crippen LogP contribution in [0.15, 0.2) is 41.2 Å². The van der Waals surface area contributed by atoms with Crippen molar-refractivity contribution in [3.63, 3.8) is 0 Å². The first-order valence-corrected chi connectivity index (χ1v) is 10.7. The first-order chi connectivity index (χ1) is 13.3. The topological polar surface area (TPSA) is 109 Å². The minimum atomic E-state index is -3.27. The number of benzene rings is 1. The Kier molecular flexibility index (Phi) is 5.73. The van der Waals surface area contributed by atoms with Gasteiger partial charge in [-0.1, -0.05) is 0 Å². The van der Waals surface area contributed by atoms with Crippen molar-refractivity contribution >= 4 is 27.3 Å². The van der Waals surface area contributed by atoms with Gasteiger partial charge in [-0.3, -0.25) is 13.9 Å². The molecule has 0 saturated carbocycles. The molecule has 1 aliphatic heterocycles.